The van der Waals surface area contributed by atoms with E-state index in [-0.39, 0.29) is 6.61 Å². The molecule has 1 aromatic carbocycles. The number of benzene rings is 1. The number of halogens is 1. The summed E-state index contributed by atoms with van der Waals surface area (Å²) in [5.74, 6) is -0.243. The Balaban J connectivity index is 1.51. The van der Waals surface area contributed by atoms with Crippen molar-refractivity contribution in [1.82, 2.24) is 0 Å². The van der Waals surface area contributed by atoms with E-state index in [9.17, 15) is 14.9 Å². The second kappa shape index (κ2) is 9.09. The number of amides is 1. The summed E-state index contributed by atoms with van der Waals surface area (Å²) in [6.45, 7) is 1.37. The first kappa shape index (κ1) is 20.2. The lowest BCUT2D eigenvalue weighted by Gasteiger charge is -2.17. The summed E-state index contributed by atoms with van der Waals surface area (Å²) < 4.78 is 10.2. The molecule has 1 N–H and O–H groups in total. The molecule has 0 spiro atoms. The lowest BCUT2D eigenvalue weighted by atomic mass is 9.89. The van der Waals surface area contributed by atoms with Gasteiger partial charge in [0.05, 0.1) is 10.6 Å². The first-order valence-electron chi connectivity index (χ1n) is 8.85. The largest absolute Gasteiger partial charge is 0.480 e. The number of nitrogens with one attached hydrogen (secondary N) is 1. The number of esters is 1. The zero-order valence-corrected chi connectivity index (χ0v) is 16.9. The molecule has 0 bridgehead atoms. The van der Waals surface area contributed by atoms with Crippen LogP contribution in [0.5, 0.6) is 5.75 Å². The Morgan fingerprint density at radius 1 is 1.36 bits per heavy atom. The molecule has 1 atom stereocenters. The summed E-state index contributed by atoms with van der Waals surface area (Å²) in [5, 5.41) is 13.0. The van der Waals surface area contributed by atoms with Crippen molar-refractivity contribution >= 4 is 39.8 Å². The van der Waals surface area contributed by atoms with Gasteiger partial charge in [-0.15, -0.1) is 11.3 Å². The summed E-state index contributed by atoms with van der Waals surface area (Å²) in [5.41, 5.74) is 1.56. The molecule has 1 amide bonds. The van der Waals surface area contributed by atoms with Gasteiger partial charge in [0.25, 0.3) is 5.91 Å². The molecule has 0 aliphatic heterocycles. The maximum Gasteiger partial charge on any atom is 0.344 e. The van der Waals surface area contributed by atoms with E-state index in [1.165, 1.54) is 11.3 Å². The SMILES string of the molecule is CC1CCc2c(sc(NC(=O)COC(=O)COc3ccccc3Cl)c2C#N)C1. The van der Waals surface area contributed by atoms with Crippen LogP contribution in [0.1, 0.15) is 29.3 Å². The Kier molecular flexibility index (Phi) is 6.55. The van der Waals surface area contributed by atoms with E-state index in [0.717, 1.165) is 29.7 Å². The zero-order chi connectivity index (χ0) is 20.1. The van der Waals surface area contributed by atoms with Crippen LogP contribution in [0.25, 0.3) is 0 Å². The van der Waals surface area contributed by atoms with Crippen LogP contribution in [-0.2, 0) is 27.2 Å². The Bertz CT molecular complexity index is 935. The van der Waals surface area contributed by atoms with Crippen molar-refractivity contribution < 1.29 is 19.1 Å². The number of hydrogen-bond donors (Lipinski definition) is 1. The van der Waals surface area contributed by atoms with Crippen LogP contribution in [0, 0.1) is 17.2 Å². The van der Waals surface area contributed by atoms with Gasteiger partial charge < -0.3 is 14.8 Å². The Hall–Kier alpha value is -2.56. The molecular weight excluding hydrogens is 400 g/mol. The first-order valence-corrected chi connectivity index (χ1v) is 10.0. The number of carbonyl (C=O) groups excluding carboxylic acids is 2. The fourth-order valence-electron chi connectivity index (χ4n) is 3.01. The number of thiophene rings is 1. The summed E-state index contributed by atoms with van der Waals surface area (Å²) in [6.07, 6.45) is 2.80. The molecular formula is C20H19ClN2O4S. The smallest absolute Gasteiger partial charge is 0.344 e. The van der Waals surface area contributed by atoms with Crippen LogP contribution in [0.4, 0.5) is 5.00 Å². The van der Waals surface area contributed by atoms with Crippen molar-refractivity contribution in [1.29, 1.82) is 5.26 Å². The van der Waals surface area contributed by atoms with Crippen molar-refractivity contribution in [2.75, 3.05) is 18.5 Å². The second-order valence-corrected chi connectivity index (χ2v) is 8.11. The van der Waals surface area contributed by atoms with E-state index in [2.05, 4.69) is 18.3 Å². The molecule has 1 heterocycles. The van der Waals surface area contributed by atoms with Crippen molar-refractivity contribution in [3.05, 3.63) is 45.3 Å². The van der Waals surface area contributed by atoms with Crippen molar-refractivity contribution in [3.63, 3.8) is 0 Å². The molecule has 6 nitrogen and oxygen atoms in total. The van der Waals surface area contributed by atoms with Crippen LogP contribution < -0.4 is 10.1 Å². The fraction of sp³-hybridized carbons (Fsp3) is 0.350. The van der Waals surface area contributed by atoms with Gasteiger partial charge >= 0.3 is 5.97 Å². The molecule has 0 radical (unpaired) electrons. The van der Waals surface area contributed by atoms with E-state index in [0.29, 0.717) is 27.3 Å². The molecule has 28 heavy (non-hydrogen) atoms. The Morgan fingerprint density at radius 2 is 2.14 bits per heavy atom. The van der Waals surface area contributed by atoms with E-state index < -0.39 is 18.5 Å². The minimum atomic E-state index is -0.685. The maximum absolute atomic E-state index is 12.1. The number of rotatable bonds is 6. The van der Waals surface area contributed by atoms with Gasteiger partial charge in [0.1, 0.15) is 16.8 Å². The maximum atomic E-state index is 12.1. The monoisotopic (exact) mass is 418 g/mol. The Labute approximate surface area is 172 Å². The Morgan fingerprint density at radius 3 is 2.89 bits per heavy atom. The van der Waals surface area contributed by atoms with E-state index >= 15 is 0 Å². The third kappa shape index (κ3) is 4.83. The minimum absolute atomic E-state index is 0.356. The van der Waals surface area contributed by atoms with Crippen molar-refractivity contribution in [3.8, 4) is 11.8 Å². The average Bonchev–Trinajstić information content (AvgIpc) is 3.01. The summed E-state index contributed by atoms with van der Waals surface area (Å²) in [6, 6.07) is 8.94. The van der Waals surface area contributed by atoms with Crippen molar-refractivity contribution in [2.45, 2.75) is 26.2 Å². The van der Waals surface area contributed by atoms with Crippen LogP contribution in [0.15, 0.2) is 24.3 Å². The van der Waals surface area contributed by atoms with Crippen LogP contribution in [-0.4, -0.2) is 25.1 Å². The number of para-hydroxylation sites is 1. The zero-order valence-electron chi connectivity index (χ0n) is 15.3. The molecule has 2 aromatic rings. The van der Waals surface area contributed by atoms with Gasteiger partial charge in [0, 0.05) is 4.88 Å². The highest BCUT2D eigenvalue weighted by molar-refractivity contribution is 7.16. The van der Waals surface area contributed by atoms with Gasteiger partial charge in [0.2, 0.25) is 0 Å². The third-order valence-corrected chi connectivity index (χ3v) is 5.90. The highest BCUT2D eigenvalue weighted by Crippen LogP contribution is 2.39. The van der Waals surface area contributed by atoms with Gasteiger partial charge in [-0.25, -0.2) is 4.79 Å². The summed E-state index contributed by atoms with van der Waals surface area (Å²) in [4.78, 5) is 25.1. The summed E-state index contributed by atoms with van der Waals surface area (Å²) in [7, 11) is 0. The molecule has 1 aliphatic carbocycles. The predicted octanol–water partition coefficient (Wildman–Crippen LogP) is 3.96. The van der Waals surface area contributed by atoms with Gasteiger partial charge in [-0.1, -0.05) is 30.7 Å². The van der Waals surface area contributed by atoms with Gasteiger partial charge in [-0.2, -0.15) is 5.26 Å². The number of anilines is 1. The number of fused-ring (bicyclic) bond motifs is 1. The predicted molar refractivity (Wildman–Crippen MR) is 107 cm³/mol. The molecule has 0 saturated carbocycles. The second-order valence-electron chi connectivity index (χ2n) is 6.60. The molecule has 1 unspecified atom stereocenters. The van der Waals surface area contributed by atoms with Gasteiger partial charge in [-0.05, 0) is 42.9 Å². The number of ether oxygens (including phenoxy) is 2. The fourth-order valence-corrected chi connectivity index (χ4v) is 4.57. The lowest BCUT2D eigenvalue weighted by molar-refractivity contribution is -0.149. The topological polar surface area (TPSA) is 88.4 Å². The number of nitrogens with zero attached hydrogens (tertiary/aromatic N) is 1. The number of nitriles is 1. The van der Waals surface area contributed by atoms with E-state index in [4.69, 9.17) is 21.1 Å². The molecule has 1 aliphatic rings. The normalized spacial score (nSPS) is 15.2. The molecule has 8 heteroatoms. The molecule has 3 rings (SSSR count). The van der Waals surface area contributed by atoms with Crippen LogP contribution in [0.2, 0.25) is 5.02 Å². The highest BCUT2D eigenvalue weighted by atomic mass is 35.5. The average molecular weight is 419 g/mol. The van der Waals surface area contributed by atoms with Crippen LogP contribution in [0.3, 0.4) is 0 Å². The highest BCUT2D eigenvalue weighted by Gasteiger charge is 2.24. The van der Waals surface area contributed by atoms with E-state index in [1.807, 2.05) is 0 Å². The summed E-state index contributed by atoms with van der Waals surface area (Å²) >= 11 is 7.37. The van der Waals surface area contributed by atoms with Crippen molar-refractivity contribution in [2.24, 2.45) is 5.92 Å². The quantitative estimate of drug-likeness (QED) is 0.717. The molecule has 0 fully saturated rings. The van der Waals surface area contributed by atoms with E-state index in [1.54, 1.807) is 24.3 Å². The van der Waals surface area contributed by atoms with Crippen LogP contribution >= 0.6 is 22.9 Å². The lowest BCUT2D eigenvalue weighted by Crippen LogP contribution is -2.23. The standard InChI is InChI=1S/C20H19ClN2O4S/c1-12-6-7-13-14(9-22)20(28-17(13)8-12)23-18(24)10-27-19(25)11-26-16-5-3-2-4-15(16)21/h2-5,12H,6-8,10-11H2,1H3,(H,23,24). The number of hydrogen-bond acceptors (Lipinski definition) is 6. The number of carbonyl (C=O) groups is 2. The van der Waals surface area contributed by atoms with Gasteiger partial charge in [-0.3, -0.25) is 4.79 Å². The first-order chi connectivity index (χ1) is 13.5. The molecule has 0 saturated heterocycles. The molecule has 146 valence electrons. The third-order valence-electron chi connectivity index (χ3n) is 4.42. The minimum Gasteiger partial charge on any atom is -0.480 e. The van der Waals surface area contributed by atoms with Gasteiger partial charge in [0.15, 0.2) is 13.2 Å². The molecule has 1 aromatic heterocycles.